The van der Waals surface area contributed by atoms with Gasteiger partial charge in [0.15, 0.2) is 0 Å². The third-order valence-corrected chi connectivity index (χ3v) is 8.86. The molecule has 3 fully saturated rings. The molecule has 3 aliphatic rings. The van der Waals surface area contributed by atoms with Crippen molar-refractivity contribution < 1.29 is 27.5 Å². The first-order valence-corrected chi connectivity index (χ1v) is 15.0. The van der Waals surface area contributed by atoms with Gasteiger partial charge in [-0.2, -0.15) is 23.5 Å². The number of ether oxygens (including phenoxy) is 1. The Kier molecular flexibility index (Phi) is 8.49. The minimum atomic E-state index is -4.70. The Labute approximate surface area is 250 Å². The first-order valence-electron chi connectivity index (χ1n) is 15.0. The van der Waals surface area contributed by atoms with Crippen molar-refractivity contribution in [3.8, 4) is 6.07 Å². The first kappa shape index (κ1) is 30.9. The highest BCUT2D eigenvalue weighted by Crippen LogP contribution is 2.41. The lowest BCUT2D eigenvalue weighted by Gasteiger charge is -2.40. The fraction of sp³-hybridized carbons (Fsp3) is 0.613. The Morgan fingerprint density at radius 1 is 1.14 bits per heavy atom. The van der Waals surface area contributed by atoms with Crippen molar-refractivity contribution in [2.75, 3.05) is 38.0 Å². The maximum atomic E-state index is 13.4. The summed E-state index contributed by atoms with van der Waals surface area (Å²) in [6.45, 7) is 9.88. The molecule has 43 heavy (non-hydrogen) atoms. The Balaban J connectivity index is 1.16. The number of hydrogen-bond acceptors (Lipinski definition) is 6. The predicted octanol–water partition coefficient (Wildman–Crippen LogP) is 5.73. The second-order valence-corrected chi connectivity index (χ2v) is 13.1. The number of carbonyl (C=O) groups excluding carboxylic acids is 2. The molecule has 12 heteroatoms. The third-order valence-electron chi connectivity index (χ3n) is 8.86. The van der Waals surface area contributed by atoms with Gasteiger partial charge in [0, 0.05) is 31.5 Å². The van der Waals surface area contributed by atoms with E-state index in [1.54, 1.807) is 15.7 Å². The molecular weight excluding hydrogens is 561 g/mol. The van der Waals surface area contributed by atoms with E-state index >= 15 is 0 Å². The molecular formula is C31H39F3N6O3. The average molecular weight is 601 g/mol. The quantitative estimate of drug-likeness (QED) is 0.455. The van der Waals surface area contributed by atoms with Crippen LogP contribution in [0.1, 0.15) is 81.9 Å². The van der Waals surface area contributed by atoms with Gasteiger partial charge in [0.25, 0.3) is 5.91 Å². The third kappa shape index (κ3) is 6.82. The number of nitriles is 1. The summed E-state index contributed by atoms with van der Waals surface area (Å²) < 4.78 is 47.5. The maximum absolute atomic E-state index is 13.4. The van der Waals surface area contributed by atoms with Crippen LogP contribution in [0.15, 0.2) is 30.6 Å². The van der Waals surface area contributed by atoms with Gasteiger partial charge in [0.05, 0.1) is 23.4 Å². The predicted molar refractivity (Wildman–Crippen MR) is 153 cm³/mol. The molecule has 2 aliphatic heterocycles. The number of nitrogens with one attached hydrogen (secondary N) is 1. The van der Waals surface area contributed by atoms with Crippen molar-refractivity contribution in [2.24, 2.45) is 5.92 Å². The summed E-state index contributed by atoms with van der Waals surface area (Å²) in [5, 5.41) is 16.3. The minimum Gasteiger partial charge on any atom is -0.444 e. The fourth-order valence-electron chi connectivity index (χ4n) is 6.34. The van der Waals surface area contributed by atoms with Crippen LogP contribution in [0.3, 0.4) is 0 Å². The Hall–Kier alpha value is -3.59. The smallest absolute Gasteiger partial charge is 0.417 e. The molecule has 0 radical (unpaired) electrons. The fourth-order valence-corrected chi connectivity index (χ4v) is 6.34. The van der Waals surface area contributed by atoms with E-state index in [0.29, 0.717) is 31.2 Å². The molecule has 0 spiro atoms. The topological polar surface area (TPSA) is 103 Å². The van der Waals surface area contributed by atoms with E-state index in [1.807, 2.05) is 33.2 Å². The maximum Gasteiger partial charge on any atom is 0.417 e. The van der Waals surface area contributed by atoms with E-state index < -0.39 is 34.4 Å². The Bertz CT molecular complexity index is 1380. The van der Waals surface area contributed by atoms with Crippen LogP contribution in [-0.2, 0) is 21.2 Å². The van der Waals surface area contributed by atoms with Gasteiger partial charge in [0.1, 0.15) is 11.1 Å². The largest absolute Gasteiger partial charge is 0.444 e. The van der Waals surface area contributed by atoms with Crippen LogP contribution >= 0.6 is 0 Å². The van der Waals surface area contributed by atoms with Gasteiger partial charge in [0.2, 0.25) is 0 Å². The summed E-state index contributed by atoms with van der Waals surface area (Å²) in [6, 6.07) is 4.77. The van der Waals surface area contributed by atoms with E-state index in [0.717, 1.165) is 69.6 Å². The highest BCUT2D eigenvalue weighted by molar-refractivity contribution is 5.97. The monoisotopic (exact) mass is 600 g/mol. The molecule has 2 saturated heterocycles. The van der Waals surface area contributed by atoms with Crippen LogP contribution in [-0.4, -0.2) is 69.9 Å². The number of piperidine rings is 1. The number of carbonyl (C=O) groups is 2. The lowest BCUT2D eigenvalue weighted by atomic mass is 9.76. The van der Waals surface area contributed by atoms with Gasteiger partial charge in [-0.25, -0.2) is 4.79 Å². The lowest BCUT2D eigenvalue weighted by molar-refractivity contribution is -0.137. The molecule has 232 valence electrons. The number of likely N-dealkylation sites (tertiary alicyclic amines) is 2. The van der Waals surface area contributed by atoms with Crippen molar-refractivity contribution in [3.63, 3.8) is 0 Å². The van der Waals surface area contributed by atoms with E-state index in [2.05, 4.69) is 15.3 Å². The Morgan fingerprint density at radius 2 is 1.86 bits per heavy atom. The van der Waals surface area contributed by atoms with Crippen LogP contribution in [0.4, 0.5) is 23.7 Å². The van der Waals surface area contributed by atoms with Crippen molar-refractivity contribution in [1.29, 1.82) is 5.26 Å². The van der Waals surface area contributed by atoms with Gasteiger partial charge in [-0.05, 0) is 108 Å². The zero-order valence-corrected chi connectivity index (χ0v) is 24.9. The SMILES string of the molecule is CC(C)(C)OC(=O)N1CCC(CN2CCC(c3cnn(C4(C(=O)Nc5ccc(C#N)c(C(F)(F)F)c5)CCC4)c3)CC2)C1. The van der Waals surface area contributed by atoms with E-state index in [1.165, 1.54) is 6.07 Å². The van der Waals surface area contributed by atoms with E-state index in [9.17, 15) is 22.8 Å². The van der Waals surface area contributed by atoms with Gasteiger partial charge >= 0.3 is 12.3 Å². The number of alkyl halides is 3. The molecule has 1 saturated carbocycles. The van der Waals surface area contributed by atoms with Crippen LogP contribution in [0.5, 0.6) is 0 Å². The van der Waals surface area contributed by atoms with Crippen molar-refractivity contribution in [1.82, 2.24) is 19.6 Å². The van der Waals surface area contributed by atoms with Gasteiger partial charge in [-0.1, -0.05) is 0 Å². The zero-order valence-electron chi connectivity index (χ0n) is 24.9. The molecule has 1 aromatic heterocycles. The molecule has 5 rings (SSSR count). The van der Waals surface area contributed by atoms with Crippen LogP contribution in [0.2, 0.25) is 0 Å². The summed E-state index contributed by atoms with van der Waals surface area (Å²) in [6.07, 6.45) is 3.57. The summed E-state index contributed by atoms with van der Waals surface area (Å²) in [7, 11) is 0. The molecule has 1 unspecified atom stereocenters. The highest BCUT2D eigenvalue weighted by atomic mass is 19.4. The zero-order chi connectivity index (χ0) is 31.0. The number of anilines is 1. The Morgan fingerprint density at radius 3 is 2.47 bits per heavy atom. The van der Waals surface area contributed by atoms with Crippen molar-refractivity contribution in [3.05, 3.63) is 47.3 Å². The molecule has 9 nitrogen and oxygen atoms in total. The molecule has 1 atom stereocenters. The number of nitrogens with zero attached hydrogens (tertiary/aromatic N) is 5. The molecule has 3 heterocycles. The number of halogens is 3. The molecule has 1 N–H and O–H groups in total. The highest BCUT2D eigenvalue weighted by Gasteiger charge is 2.47. The standard InChI is InChI=1S/C31H39F3N6O3/c1-29(2,3)43-28(42)39-14-7-21(19-39)18-38-12-8-22(9-13-38)24-17-36-40(20-24)30(10-4-11-30)27(41)37-25-6-5-23(16-35)26(15-25)31(32,33)34/h5-6,15,17,20-22H,4,7-14,18-19H2,1-3H3,(H,37,41). The summed E-state index contributed by atoms with van der Waals surface area (Å²) >= 11 is 0. The van der Waals surface area contributed by atoms with Crippen LogP contribution < -0.4 is 5.32 Å². The number of aromatic nitrogens is 2. The van der Waals surface area contributed by atoms with Crippen LogP contribution in [0, 0.1) is 17.2 Å². The van der Waals surface area contributed by atoms with Gasteiger partial charge in [-0.15, -0.1) is 0 Å². The second kappa shape index (κ2) is 11.8. The minimum absolute atomic E-state index is 0.00108. The number of benzene rings is 1. The van der Waals surface area contributed by atoms with Crippen molar-refractivity contribution >= 4 is 17.7 Å². The summed E-state index contributed by atoms with van der Waals surface area (Å²) in [5.74, 6) is 0.324. The molecule has 1 aliphatic carbocycles. The van der Waals surface area contributed by atoms with Crippen LogP contribution in [0.25, 0.3) is 0 Å². The summed E-state index contributed by atoms with van der Waals surface area (Å²) in [5.41, 5.74) is -1.95. The normalized spacial score (nSPS) is 21.2. The molecule has 2 amide bonds. The molecule has 1 aromatic carbocycles. The van der Waals surface area contributed by atoms with E-state index in [-0.39, 0.29) is 11.8 Å². The second-order valence-electron chi connectivity index (χ2n) is 13.1. The first-order chi connectivity index (χ1) is 20.3. The number of rotatable bonds is 6. The van der Waals surface area contributed by atoms with Gasteiger partial charge < -0.3 is 19.9 Å². The summed E-state index contributed by atoms with van der Waals surface area (Å²) in [4.78, 5) is 30.1. The molecule has 2 aromatic rings. The van der Waals surface area contributed by atoms with Gasteiger partial charge in [-0.3, -0.25) is 9.48 Å². The number of hydrogen-bond donors (Lipinski definition) is 1. The van der Waals surface area contributed by atoms with E-state index in [4.69, 9.17) is 10.00 Å². The average Bonchev–Trinajstić information content (AvgIpc) is 3.58. The molecule has 0 bridgehead atoms. The lowest BCUT2D eigenvalue weighted by Crippen LogP contribution is -2.51. The van der Waals surface area contributed by atoms with Crippen molar-refractivity contribution in [2.45, 2.75) is 82.5 Å². The number of amides is 2.